The van der Waals surface area contributed by atoms with Crippen molar-refractivity contribution in [1.82, 2.24) is 19.9 Å². The third-order valence-corrected chi connectivity index (χ3v) is 5.11. The van der Waals surface area contributed by atoms with Crippen molar-refractivity contribution in [3.8, 4) is 0 Å². The molecule has 2 atom stereocenters. The second kappa shape index (κ2) is 8.44. The van der Waals surface area contributed by atoms with Crippen LogP contribution < -0.4 is 15.5 Å². The molecule has 2 aromatic heterocycles. The minimum Gasteiger partial charge on any atom is -0.395 e. The van der Waals surface area contributed by atoms with Gasteiger partial charge in [-0.3, -0.25) is 0 Å². The van der Waals surface area contributed by atoms with Crippen LogP contribution in [0.5, 0.6) is 0 Å². The van der Waals surface area contributed by atoms with E-state index in [9.17, 15) is 13.2 Å². The van der Waals surface area contributed by atoms with E-state index in [1.807, 2.05) is 0 Å². The number of halogens is 3. The lowest BCUT2D eigenvalue weighted by atomic mass is 10.0. The molecule has 30 heavy (non-hydrogen) atoms. The molecule has 3 heterocycles. The van der Waals surface area contributed by atoms with Crippen LogP contribution in [0.3, 0.4) is 0 Å². The molecular formula is C19H19F3N6OS. The molecule has 1 aliphatic heterocycles. The van der Waals surface area contributed by atoms with Gasteiger partial charge in [0, 0.05) is 24.7 Å². The zero-order chi connectivity index (χ0) is 21.3. The van der Waals surface area contributed by atoms with E-state index in [1.54, 1.807) is 17.2 Å². The Morgan fingerprint density at radius 1 is 1.30 bits per heavy atom. The van der Waals surface area contributed by atoms with Crippen molar-refractivity contribution in [2.45, 2.75) is 18.6 Å². The van der Waals surface area contributed by atoms with Crippen LogP contribution in [0.1, 0.15) is 18.0 Å². The first-order valence-electron chi connectivity index (χ1n) is 9.32. The third-order valence-electron chi connectivity index (χ3n) is 4.86. The van der Waals surface area contributed by atoms with Crippen molar-refractivity contribution in [1.29, 1.82) is 0 Å². The predicted octanol–water partition coefficient (Wildman–Crippen LogP) is 2.58. The molecule has 0 aliphatic carbocycles. The van der Waals surface area contributed by atoms with Crippen LogP contribution in [0.25, 0.3) is 5.65 Å². The number of hydrogen-bond donors (Lipinski definition) is 3. The number of nitrogens with one attached hydrogen (secondary N) is 2. The van der Waals surface area contributed by atoms with Gasteiger partial charge in [0.2, 0.25) is 0 Å². The molecule has 0 saturated carbocycles. The maximum Gasteiger partial charge on any atom is 0.180 e. The van der Waals surface area contributed by atoms with Crippen LogP contribution >= 0.6 is 12.2 Å². The maximum atomic E-state index is 14.4. The average molecular weight is 436 g/mol. The molecule has 3 aromatic rings. The summed E-state index contributed by atoms with van der Waals surface area (Å²) in [6.45, 7) is 0.226. The third kappa shape index (κ3) is 4.03. The predicted molar refractivity (Wildman–Crippen MR) is 110 cm³/mol. The zero-order valence-corrected chi connectivity index (χ0v) is 16.5. The lowest BCUT2D eigenvalue weighted by molar-refractivity contribution is 0.301. The number of aliphatic hydroxyl groups excluding tert-OH is 1. The van der Waals surface area contributed by atoms with Gasteiger partial charge in [-0.05, 0) is 36.5 Å². The summed E-state index contributed by atoms with van der Waals surface area (Å²) in [4.78, 5) is 6.18. The lowest BCUT2D eigenvalue weighted by Gasteiger charge is -2.26. The number of benzene rings is 1. The average Bonchev–Trinajstić information content (AvgIpc) is 3.31. The van der Waals surface area contributed by atoms with E-state index in [0.717, 1.165) is 18.2 Å². The first kappa shape index (κ1) is 20.4. The van der Waals surface area contributed by atoms with E-state index in [0.29, 0.717) is 17.2 Å². The number of aliphatic hydroxyl groups is 1. The van der Waals surface area contributed by atoms with E-state index in [2.05, 4.69) is 20.7 Å². The van der Waals surface area contributed by atoms with Gasteiger partial charge in [0.25, 0.3) is 0 Å². The summed E-state index contributed by atoms with van der Waals surface area (Å²) < 4.78 is 43.9. The molecule has 0 bridgehead atoms. The number of thiocarbonyl (C=S) groups is 1. The number of alkyl halides is 1. The molecule has 1 saturated heterocycles. The van der Waals surface area contributed by atoms with Gasteiger partial charge in [0.1, 0.15) is 29.3 Å². The van der Waals surface area contributed by atoms with E-state index in [4.69, 9.17) is 17.3 Å². The van der Waals surface area contributed by atoms with Gasteiger partial charge < -0.3 is 20.6 Å². The molecule has 0 spiro atoms. The minimum atomic E-state index is -1.20. The highest BCUT2D eigenvalue weighted by Crippen LogP contribution is 2.38. The first-order valence-corrected chi connectivity index (χ1v) is 9.73. The van der Waals surface area contributed by atoms with E-state index >= 15 is 0 Å². The highest BCUT2D eigenvalue weighted by Gasteiger charge is 2.36. The van der Waals surface area contributed by atoms with Crippen LogP contribution in [-0.2, 0) is 0 Å². The quantitative estimate of drug-likeness (QED) is 0.531. The smallest absolute Gasteiger partial charge is 0.180 e. The SMILES string of the molecule is OCCNC(=S)Nc1cnn2ccc(N3C[C@@H](F)C[C@@H]3c3cc(F)ccc3F)nc12. The molecule has 0 radical (unpaired) electrons. The van der Waals surface area contributed by atoms with Crippen molar-refractivity contribution in [3.05, 3.63) is 53.9 Å². The molecule has 1 aliphatic rings. The van der Waals surface area contributed by atoms with Gasteiger partial charge in [0.15, 0.2) is 10.8 Å². The Morgan fingerprint density at radius 2 is 2.13 bits per heavy atom. The van der Waals surface area contributed by atoms with Crippen LogP contribution in [0.2, 0.25) is 0 Å². The second-order valence-corrected chi connectivity index (χ2v) is 7.29. The summed E-state index contributed by atoms with van der Waals surface area (Å²) in [5.41, 5.74) is 1.04. The van der Waals surface area contributed by atoms with Gasteiger partial charge in [-0.25, -0.2) is 22.7 Å². The Bertz CT molecular complexity index is 1080. The summed E-state index contributed by atoms with van der Waals surface area (Å²) in [5.74, 6) is -0.758. The molecule has 158 valence electrons. The maximum absolute atomic E-state index is 14.4. The topological polar surface area (TPSA) is 77.7 Å². The van der Waals surface area contributed by atoms with E-state index < -0.39 is 23.8 Å². The molecule has 3 N–H and O–H groups in total. The Balaban J connectivity index is 1.66. The van der Waals surface area contributed by atoms with Gasteiger partial charge >= 0.3 is 0 Å². The van der Waals surface area contributed by atoms with Gasteiger partial charge in [-0.2, -0.15) is 5.10 Å². The lowest BCUT2D eigenvalue weighted by Crippen LogP contribution is -2.30. The fourth-order valence-electron chi connectivity index (χ4n) is 3.55. The highest BCUT2D eigenvalue weighted by molar-refractivity contribution is 7.80. The van der Waals surface area contributed by atoms with Crippen molar-refractivity contribution >= 4 is 34.5 Å². The van der Waals surface area contributed by atoms with Crippen molar-refractivity contribution in [3.63, 3.8) is 0 Å². The number of anilines is 2. The Hall–Kier alpha value is -2.92. The molecule has 11 heteroatoms. The number of nitrogens with zero attached hydrogens (tertiary/aromatic N) is 4. The van der Waals surface area contributed by atoms with Crippen LogP contribution in [0.15, 0.2) is 36.7 Å². The van der Waals surface area contributed by atoms with Gasteiger partial charge in [-0.1, -0.05) is 0 Å². The minimum absolute atomic E-state index is 0.0111. The molecule has 1 fully saturated rings. The first-order chi connectivity index (χ1) is 14.5. The van der Waals surface area contributed by atoms with E-state index in [1.165, 1.54) is 10.7 Å². The Morgan fingerprint density at radius 3 is 2.93 bits per heavy atom. The fourth-order valence-corrected chi connectivity index (χ4v) is 3.76. The normalized spacial score (nSPS) is 18.7. The molecule has 1 aromatic carbocycles. The van der Waals surface area contributed by atoms with Crippen LogP contribution in [0.4, 0.5) is 24.7 Å². The molecule has 0 unspecified atom stereocenters. The van der Waals surface area contributed by atoms with Crippen molar-refractivity contribution in [2.75, 3.05) is 29.9 Å². The summed E-state index contributed by atoms with van der Waals surface area (Å²) in [5, 5.41) is 19.1. The summed E-state index contributed by atoms with van der Waals surface area (Å²) >= 11 is 5.16. The highest BCUT2D eigenvalue weighted by atomic mass is 32.1. The summed E-state index contributed by atoms with van der Waals surface area (Å²) in [6, 6.07) is 4.14. The largest absolute Gasteiger partial charge is 0.395 e. The molecule has 0 amide bonds. The number of hydrogen-bond acceptors (Lipinski definition) is 5. The van der Waals surface area contributed by atoms with Gasteiger partial charge in [-0.15, -0.1) is 0 Å². The van der Waals surface area contributed by atoms with E-state index in [-0.39, 0.29) is 36.8 Å². The van der Waals surface area contributed by atoms with Gasteiger partial charge in [0.05, 0.1) is 25.4 Å². The summed E-state index contributed by atoms with van der Waals surface area (Å²) in [7, 11) is 0. The molecule has 4 rings (SSSR count). The monoisotopic (exact) mass is 436 g/mol. The van der Waals surface area contributed by atoms with Crippen molar-refractivity contribution in [2.24, 2.45) is 0 Å². The van der Waals surface area contributed by atoms with Crippen molar-refractivity contribution < 1.29 is 18.3 Å². The Labute approximate surface area is 175 Å². The number of rotatable bonds is 5. The number of fused-ring (bicyclic) bond motifs is 1. The van der Waals surface area contributed by atoms with Crippen LogP contribution in [0, 0.1) is 11.6 Å². The molecule has 7 nitrogen and oxygen atoms in total. The summed E-state index contributed by atoms with van der Waals surface area (Å²) in [6.07, 6.45) is 2.02. The standard InChI is InChI=1S/C19H19F3N6OS/c20-11-1-2-14(22)13(7-11)16-8-12(21)10-27(16)17-3-5-28-18(26-17)15(9-24-28)25-19(30)23-4-6-29/h1-3,5,7,9,12,16,29H,4,6,8,10H2,(H2,23,25,30)/t12-,16+/m0/s1. The zero-order valence-electron chi connectivity index (χ0n) is 15.7. The fraction of sp³-hybridized carbons (Fsp3) is 0.316. The number of aromatic nitrogens is 3. The Kier molecular flexibility index (Phi) is 5.73. The van der Waals surface area contributed by atoms with Crippen LogP contribution in [-0.4, -0.2) is 50.7 Å². The molecular weight excluding hydrogens is 417 g/mol. The second-order valence-electron chi connectivity index (χ2n) is 6.88.